The fourth-order valence-corrected chi connectivity index (χ4v) is 1.45. The van der Waals surface area contributed by atoms with Crippen molar-refractivity contribution in [1.82, 2.24) is 9.97 Å². The van der Waals surface area contributed by atoms with Gasteiger partial charge in [0.05, 0.1) is 12.4 Å². The molecular formula is C13H14N2O2. The Kier molecular flexibility index (Phi) is 3.23. The average Bonchev–Trinajstić information content (AvgIpc) is 2.29. The topological polar surface area (TPSA) is 55.0 Å². The van der Waals surface area contributed by atoms with E-state index in [1.54, 1.807) is 0 Å². The van der Waals surface area contributed by atoms with Crippen molar-refractivity contribution in [2.24, 2.45) is 0 Å². The maximum absolute atomic E-state index is 11.0. The molecule has 0 aliphatic carbocycles. The Balaban J connectivity index is 2.16. The molecule has 0 saturated carbocycles. The van der Waals surface area contributed by atoms with E-state index in [-0.39, 0.29) is 5.56 Å². The van der Waals surface area contributed by atoms with Crippen molar-refractivity contribution in [2.75, 3.05) is 0 Å². The standard InChI is InChI=1S/C13H14N2O2/c1-9(2)10-3-5-11(6-4-10)17-13-7-12(16)14-8-15-13/h3-9H,1-2H3,(H,14,15,16). The summed E-state index contributed by atoms with van der Waals surface area (Å²) in [4.78, 5) is 17.4. The van der Waals surface area contributed by atoms with Gasteiger partial charge in [0, 0.05) is 0 Å². The predicted octanol–water partition coefficient (Wildman–Crippen LogP) is 2.69. The molecule has 1 heterocycles. The van der Waals surface area contributed by atoms with E-state index in [1.807, 2.05) is 24.3 Å². The first-order chi connectivity index (χ1) is 8.15. The van der Waals surface area contributed by atoms with Gasteiger partial charge in [0.1, 0.15) is 5.75 Å². The van der Waals surface area contributed by atoms with Crippen LogP contribution in [-0.2, 0) is 0 Å². The van der Waals surface area contributed by atoms with Crippen LogP contribution in [0, 0.1) is 0 Å². The first kappa shape index (κ1) is 11.4. The highest BCUT2D eigenvalue weighted by Crippen LogP contribution is 2.21. The number of hydrogen-bond donors (Lipinski definition) is 1. The highest BCUT2D eigenvalue weighted by Gasteiger charge is 2.01. The Morgan fingerprint density at radius 3 is 2.53 bits per heavy atom. The van der Waals surface area contributed by atoms with Crippen molar-refractivity contribution in [3.05, 3.63) is 52.6 Å². The zero-order chi connectivity index (χ0) is 12.3. The lowest BCUT2D eigenvalue weighted by Crippen LogP contribution is -2.04. The van der Waals surface area contributed by atoms with Crippen LogP contribution in [0.15, 0.2) is 41.5 Å². The van der Waals surface area contributed by atoms with Crippen LogP contribution in [0.2, 0.25) is 0 Å². The number of aromatic amines is 1. The summed E-state index contributed by atoms with van der Waals surface area (Å²) < 4.78 is 5.46. The summed E-state index contributed by atoms with van der Waals surface area (Å²) in [6.45, 7) is 4.27. The van der Waals surface area contributed by atoms with Gasteiger partial charge in [-0.25, -0.2) is 4.98 Å². The maximum Gasteiger partial charge on any atom is 0.254 e. The third-order valence-corrected chi connectivity index (χ3v) is 2.42. The second kappa shape index (κ2) is 4.82. The molecule has 0 aliphatic rings. The van der Waals surface area contributed by atoms with Gasteiger partial charge in [0.2, 0.25) is 5.88 Å². The summed E-state index contributed by atoms with van der Waals surface area (Å²) in [5.41, 5.74) is 1.02. The van der Waals surface area contributed by atoms with E-state index in [0.717, 1.165) is 0 Å². The van der Waals surface area contributed by atoms with Gasteiger partial charge < -0.3 is 9.72 Å². The number of H-pyrrole nitrogens is 1. The normalized spacial score (nSPS) is 10.5. The largest absolute Gasteiger partial charge is 0.439 e. The molecule has 0 atom stereocenters. The molecule has 0 fully saturated rings. The van der Waals surface area contributed by atoms with Gasteiger partial charge in [-0.3, -0.25) is 4.79 Å². The van der Waals surface area contributed by atoms with Crippen LogP contribution in [0.1, 0.15) is 25.3 Å². The Bertz CT molecular complexity index is 544. The molecule has 1 aromatic carbocycles. The van der Waals surface area contributed by atoms with E-state index in [4.69, 9.17) is 4.74 Å². The maximum atomic E-state index is 11.0. The van der Waals surface area contributed by atoms with Crippen molar-refractivity contribution < 1.29 is 4.74 Å². The van der Waals surface area contributed by atoms with Crippen molar-refractivity contribution in [1.29, 1.82) is 0 Å². The molecule has 0 saturated heterocycles. The van der Waals surface area contributed by atoms with E-state index >= 15 is 0 Å². The van der Waals surface area contributed by atoms with E-state index in [2.05, 4.69) is 23.8 Å². The summed E-state index contributed by atoms with van der Waals surface area (Å²) in [6, 6.07) is 9.08. The van der Waals surface area contributed by atoms with Gasteiger partial charge in [0.25, 0.3) is 5.56 Å². The molecule has 88 valence electrons. The SMILES string of the molecule is CC(C)c1ccc(Oc2cc(=O)[nH]cn2)cc1. The summed E-state index contributed by atoms with van der Waals surface area (Å²) in [5.74, 6) is 1.46. The Labute approximate surface area is 99.3 Å². The third-order valence-electron chi connectivity index (χ3n) is 2.42. The van der Waals surface area contributed by atoms with E-state index in [9.17, 15) is 4.79 Å². The van der Waals surface area contributed by atoms with E-state index in [0.29, 0.717) is 17.5 Å². The number of rotatable bonds is 3. The predicted molar refractivity (Wildman–Crippen MR) is 65.5 cm³/mol. The minimum atomic E-state index is -0.228. The molecule has 2 rings (SSSR count). The molecule has 0 unspecified atom stereocenters. The summed E-state index contributed by atoms with van der Waals surface area (Å²) in [7, 11) is 0. The van der Waals surface area contributed by atoms with Crippen LogP contribution in [-0.4, -0.2) is 9.97 Å². The molecular weight excluding hydrogens is 216 g/mol. The zero-order valence-electron chi connectivity index (χ0n) is 9.81. The van der Waals surface area contributed by atoms with Crippen LogP contribution in [0.5, 0.6) is 11.6 Å². The van der Waals surface area contributed by atoms with Gasteiger partial charge in [-0.15, -0.1) is 0 Å². The van der Waals surface area contributed by atoms with Crippen LogP contribution in [0.25, 0.3) is 0 Å². The van der Waals surface area contributed by atoms with Crippen molar-refractivity contribution in [3.63, 3.8) is 0 Å². The molecule has 1 N–H and O–H groups in total. The molecule has 0 bridgehead atoms. The minimum absolute atomic E-state index is 0.228. The summed E-state index contributed by atoms with van der Waals surface area (Å²) in [5, 5.41) is 0. The number of nitrogens with one attached hydrogen (secondary N) is 1. The molecule has 0 radical (unpaired) electrons. The smallest absolute Gasteiger partial charge is 0.254 e. The first-order valence-corrected chi connectivity index (χ1v) is 5.47. The molecule has 0 spiro atoms. The molecule has 4 heteroatoms. The number of nitrogens with zero attached hydrogens (tertiary/aromatic N) is 1. The fraction of sp³-hybridized carbons (Fsp3) is 0.231. The van der Waals surface area contributed by atoms with Gasteiger partial charge >= 0.3 is 0 Å². The van der Waals surface area contributed by atoms with Crippen molar-refractivity contribution in [2.45, 2.75) is 19.8 Å². The highest BCUT2D eigenvalue weighted by molar-refractivity contribution is 5.31. The monoisotopic (exact) mass is 230 g/mol. The fourth-order valence-electron chi connectivity index (χ4n) is 1.45. The van der Waals surface area contributed by atoms with Crippen LogP contribution in [0.4, 0.5) is 0 Å². The van der Waals surface area contributed by atoms with Crippen molar-refractivity contribution in [3.8, 4) is 11.6 Å². The summed E-state index contributed by atoms with van der Waals surface area (Å²) in [6.07, 6.45) is 1.32. The zero-order valence-corrected chi connectivity index (χ0v) is 9.81. The lowest BCUT2D eigenvalue weighted by atomic mass is 10.0. The minimum Gasteiger partial charge on any atom is -0.439 e. The van der Waals surface area contributed by atoms with Gasteiger partial charge in [-0.1, -0.05) is 26.0 Å². The lowest BCUT2D eigenvalue weighted by Gasteiger charge is -2.07. The molecule has 1 aromatic heterocycles. The van der Waals surface area contributed by atoms with Crippen LogP contribution in [0.3, 0.4) is 0 Å². The quantitative estimate of drug-likeness (QED) is 0.881. The highest BCUT2D eigenvalue weighted by atomic mass is 16.5. The molecule has 0 aliphatic heterocycles. The van der Waals surface area contributed by atoms with E-state index in [1.165, 1.54) is 18.0 Å². The molecule has 17 heavy (non-hydrogen) atoms. The van der Waals surface area contributed by atoms with Gasteiger partial charge in [-0.2, -0.15) is 0 Å². The second-order valence-electron chi connectivity index (χ2n) is 4.08. The number of ether oxygens (including phenoxy) is 1. The number of aromatic nitrogens is 2. The molecule has 2 aromatic rings. The Morgan fingerprint density at radius 2 is 1.94 bits per heavy atom. The van der Waals surface area contributed by atoms with Crippen LogP contribution < -0.4 is 10.3 Å². The van der Waals surface area contributed by atoms with Gasteiger partial charge in [0.15, 0.2) is 0 Å². The number of hydrogen-bond acceptors (Lipinski definition) is 3. The molecule has 4 nitrogen and oxygen atoms in total. The van der Waals surface area contributed by atoms with Gasteiger partial charge in [-0.05, 0) is 23.6 Å². The second-order valence-corrected chi connectivity index (χ2v) is 4.08. The first-order valence-electron chi connectivity index (χ1n) is 5.47. The summed E-state index contributed by atoms with van der Waals surface area (Å²) >= 11 is 0. The lowest BCUT2D eigenvalue weighted by molar-refractivity contribution is 0.460. The Morgan fingerprint density at radius 1 is 1.24 bits per heavy atom. The third kappa shape index (κ3) is 2.93. The average molecular weight is 230 g/mol. The molecule has 0 amide bonds. The Hall–Kier alpha value is -2.10. The van der Waals surface area contributed by atoms with Crippen LogP contribution >= 0.6 is 0 Å². The van der Waals surface area contributed by atoms with Crippen molar-refractivity contribution >= 4 is 0 Å². The van der Waals surface area contributed by atoms with E-state index < -0.39 is 0 Å². The number of benzene rings is 1.